The van der Waals surface area contributed by atoms with Crippen molar-refractivity contribution in [1.29, 1.82) is 0 Å². The molecule has 0 radical (unpaired) electrons. The van der Waals surface area contributed by atoms with Crippen molar-refractivity contribution in [2.24, 2.45) is 5.41 Å². The molecule has 2 aliphatic rings. The average Bonchev–Trinajstić information content (AvgIpc) is 2.93. The molecule has 2 aliphatic heterocycles. The maximum atomic E-state index is 12.9. The molecule has 30 heavy (non-hydrogen) atoms. The molecule has 0 amide bonds. The smallest absolute Gasteiger partial charge is 0.463 e. The fourth-order valence-corrected chi connectivity index (χ4v) is 4.77. The lowest BCUT2D eigenvalue weighted by atomic mass is 9.83. The molecule has 0 saturated carbocycles. The summed E-state index contributed by atoms with van der Waals surface area (Å²) < 4.78 is 40.9. The third-order valence-electron chi connectivity index (χ3n) is 4.72. The minimum Gasteiger partial charge on any atom is -0.463 e. The van der Waals surface area contributed by atoms with Gasteiger partial charge in [-0.1, -0.05) is 5.92 Å². The molecule has 5 atom stereocenters. The van der Waals surface area contributed by atoms with Gasteiger partial charge >= 0.3 is 19.5 Å². The first-order valence-corrected chi connectivity index (χ1v) is 10.8. The molecule has 3 rings (SSSR count). The van der Waals surface area contributed by atoms with E-state index in [0.717, 1.165) is 10.6 Å². The number of aromatic amines is 1. The zero-order valence-corrected chi connectivity index (χ0v) is 17.6. The van der Waals surface area contributed by atoms with E-state index in [1.54, 1.807) is 20.8 Å². The Morgan fingerprint density at radius 3 is 2.87 bits per heavy atom. The molecule has 0 aromatic carbocycles. The van der Waals surface area contributed by atoms with Crippen LogP contribution in [0.1, 0.15) is 33.4 Å². The highest BCUT2D eigenvalue weighted by atomic mass is 31.2. The summed E-state index contributed by atoms with van der Waals surface area (Å²) in [6, 6.07) is 1.16. The third kappa shape index (κ3) is 4.43. The van der Waals surface area contributed by atoms with Gasteiger partial charge in [-0.15, -0.1) is 6.42 Å². The quantitative estimate of drug-likeness (QED) is 0.388. The number of hydrogen-bond donors (Lipinski definition) is 1. The Kier molecular flexibility index (Phi) is 6.36. The Bertz CT molecular complexity index is 1010. The van der Waals surface area contributed by atoms with Crippen LogP contribution >= 0.6 is 7.82 Å². The first kappa shape index (κ1) is 22.5. The number of carbonyl (C=O) groups excluding carboxylic acids is 1. The van der Waals surface area contributed by atoms with Gasteiger partial charge in [0.05, 0.1) is 25.7 Å². The monoisotopic (exact) mass is 442 g/mol. The van der Waals surface area contributed by atoms with Gasteiger partial charge in [0.25, 0.3) is 5.56 Å². The van der Waals surface area contributed by atoms with Gasteiger partial charge in [0.2, 0.25) is 0 Å². The van der Waals surface area contributed by atoms with Crippen molar-refractivity contribution in [2.45, 2.75) is 51.7 Å². The second-order valence-electron chi connectivity index (χ2n) is 7.36. The number of terminal acetylenes is 1. The summed E-state index contributed by atoms with van der Waals surface area (Å²) in [6.45, 7) is 4.62. The molecular weight excluding hydrogens is 419 g/mol. The standard InChI is InChI=1S/C18H23N2O9P/c1-5-18(4)15-12(28-16(18)20-8-6-13(21)19-17(20)23)10-26-30(24,29-15)25-9-7-14(22)27-11(2)3/h1,6,8,11-12,15-16H,7,9-10H2,2-4H3,(H,19,21,23)/t12-,15-,16-,18-,30+/m1/s1. The first-order chi connectivity index (χ1) is 14.1. The molecule has 1 aromatic rings. The van der Waals surface area contributed by atoms with Crippen LogP contribution in [0.5, 0.6) is 0 Å². The number of fused-ring (bicyclic) bond motifs is 1. The summed E-state index contributed by atoms with van der Waals surface area (Å²) in [5, 5.41) is 0. The maximum absolute atomic E-state index is 12.9. The molecule has 0 spiro atoms. The molecule has 2 saturated heterocycles. The topological polar surface area (TPSA) is 135 Å². The molecule has 164 valence electrons. The van der Waals surface area contributed by atoms with Gasteiger partial charge in [-0.05, 0) is 20.8 Å². The fourth-order valence-electron chi connectivity index (χ4n) is 3.29. The highest BCUT2D eigenvalue weighted by molar-refractivity contribution is 7.48. The SMILES string of the molecule is C#C[C@]1(C)[C@@H]2O[P@@](=O)(OCCC(=O)OC(C)C)OC[C@H]2O[C@H]1n1ccc(=O)[nH]c1=O. The lowest BCUT2D eigenvalue weighted by molar-refractivity contribution is -0.148. The molecule has 12 heteroatoms. The van der Waals surface area contributed by atoms with Gasteiger partial charge in [-0.2, -0.15) is 0 Å². The lowest BCUT2D eigenvalue weighted by Gasteiger charge is -2.35. The zero-order valence-electron chi connectivity index (χ0n) is 16.7. The number of H-pyrrole nitrogens is 1. The second-order valence-corrected chi connectivity index (χ2v) is 8.98. The summed E-state index contributed by atoms with van der Waals surface area (Å²) >= 11 is 0. The summed E-state index contributed by atoms with van der Waals surface area (Å²) in [6.07, 6.45) is 3.91. The van der Waals surface area contributed by atoms with Crippen LogP contribution in [-0.4, -0.2) is 47.0 Å². The van der Waals surface area contributed by atoms with Crippen LogP contribution in [-0.2, 0) is 32.4 Å². The molecule has 3 heterocycles. The molecule has 2 fully saturated rings. The molecule has 1 N–H and O–H groups in total. The van der Waals surface area contributed by atoms with Crippen LogP contribution in [0.25, 0.3) is 0 Å². The number of rotatable bonds is 6. The van der Waals surface area contributed by atoms with Crippen LogP contribution in [0.15, 0.2) is 21.9 Å². The van der Waals surface area contributed by atoms with E-state index >= 15 is 0 Å². The maximum Gasteiger partial charge on any atom is 0.475 e. The van der Waals surface area contributed by atoms with Gasteiger partial charge in [0, 0.05) is 12.3 Å². The normalized spacial score (nSPS) is 33.1. The van der Waals surface area contributed by atoms with E-state index in [0.29, 0.717) is 0 Å². The van der Waals surface area contributed by atoms with E-state index in [2.05, 4.69) is 10.9 Å². The van der Waals surface area contributed by atoms with Crippen molar-refractivity contribution in [2.75, 3.05) is 13.2 Å². The van der Waals surface area contributed by atoms with E-state index in [-0.39, 0.29) is 25.7 Å². The Labute approximate surface area is 172 Å². The van der Waals surface area contributed by atoms with Crippen LogP contribution in [0, 0.1) is 17.8 Å². The Balaban J connectivity index is 1.75. The molecular formula is C18H23N2O9P. The summed E-state index contributed by atoms with van der Waals surface area (Å²) in [5.41, 5.74) is -2.51. The Hall–Kier alpha value is -2.22. The zero-order chi connectivity index (χ0) is 22.1. The van der Waals surface area contributed by atoms with Crippen LogP contribution in [0.3, 0.4) is 0 Å². The number of phosphoric acid groups is 1. The summed E-state index contributed by atoms with van der Waals surface area (Å²) in [7, 11) is -4.03. The number of hydrogen-bond acceptors (Lipinski definition) is 9. The van der Waals surface area contributed by atoms with Crippen molar-refractivity contribution >= 4 is 13.8 Å². The molecule has 0 aliphatic carbocycles. The van der Waals surface area contributed by atoms with Gasteiger partial charge in [0.1, 0.15) is 17.6 Å². The minimum absolute atomic E-state index is 0.138. The first-order valence-electron chi connectivity index (χ1n) is 9.29. The molecule has 0 bridgehead atoms. The van der Waals surface area contributed by atoms with Crippen molar-refractivity contribution in [3.8, 4) is 12.3 Å². The number of aromatic nitrogens is 2. The van der Waals surface area contributed by atoms with Crippen LogP contribution in [0.4, 0.5) is 0 Å². The Morgan fingerprint density at radius 1 is 1.50 bits per heavy atom. The highest BCUT2D eigenvalue weighted by Crippen LogP contribution is 2.60. The van der Waals surface area contributed by atoms with Crippen LogP contribution < -0.4 is 11.2 Å². The van der Waals surface area contributed by atoms with Gasteiger partial charge in [-0.25, -0.2) is 9.36 Å². The van der Waals surface area contributed by atoms with E-state index in [1.165, 1.54) is 6.20 Å². The van der Waals surface area contributed by atoms with Gasteiger partial charge in [-0.3, -0.25) is 32.7 Å². The Morgan fingerprint density at radius 2 is 2.23 bits per heavy atom. The minimum atomic E-state index is -4.03. The van der Waals surface area contributed by atoms with Crippen LogP contribution in [0.2, 0.25) is 0 Å². The summed E-state index contributed by atoms with van der Waals surface area (Å²) in [4.78, 5) is 37.3. The summed E-state index contributed by atoms with van der Waals surface area (Å²) in [5.74, 6) is 2.04. The predicted molar refractivity (Wildman–Crippen MR) is 102 cm³/mol. The highest BCUT2D eigenvalue weighted by Gasteiger charge is 2.60. The predicted octanol–water partition coefficient (Wildman–Crippen LogP) is 0.955. The fraction of sp³-hybridized carbons (Fsp3) is 0.611. The third-order valence-corrected chi connectivity index (χ3v) is 6.17. The number of carbonyl (C=O) groups is 1. The largest absolute Gasteiger partial charge is 0.475 e. The van der Waals surface area contributed by atoms with E-state index < -0.39 is 48.9 Å². The lowest BCUT2D eigenvalue weighted by Crippen LogP contribution is -2.43. The molecule has 11 nitrogen and oxygen atoms in total. The number of nitrogens with one attached hydrogen (secondary N) is 1. The number of ether oxygens (including phenoxy) is 2. The molecule has 0 unspecified atom stereocenters. The van der Waals surface area contributed by atoms with E-state index in [9.17, 15) is 18.9 Å². The molecule has 1 aromatic heterocycles. The van der Waals surface area contributed by atoms with E-state index in [4.69, 9.17) is 29.5 Å². The van der Waals surface area contributed by atoms with Gasteiger partial charge in [0.15, 0.2) is 6.23 Å². The number of nitrogens with zero attached hydrogens (tertiary/aromatic N) is 1. The van der Waals surface area contributed by atoms with E-state index in [1.807, 2.05) is 0 Å². The van der Waals surface area contributed by atoms with Crippen molar-refractivity contribution in [1.82, 2.24) is 9.55 Å². The second kappa shape index (κ2) is 8.49. The van der Waals surface area contributed by atoms with Crippen molar-refractivity contribution < 1.29 is 32.4 Å². The van der Waals surface area contributed by atoms with Crippen molar-refractivity contribution in [3.63, 3.8) is 0 Å². The number of phosphoric ester groups is 1. The van der Waals surface area contributed by atoms with Crippen molar-refractivity contribution in [3.05, 3.63) is 33.1 Å². The van der Waals surface area contributed by atoms with Gasteiger partial charge < -0.3 is 9.47 Å². The number of esters is 1. The average molecular weight is 442 g/mol.